The maximum absolute atomic E-state index is 11.8. The van der Waals surface area contributed by atoms with Crippen LogP contribution in [0.15, 0.2) is 18.2 Å². The second-order valence-electron chi connectivity index (χ2n) is 4.60. The highest BCUT2D eigenvalue weighted by Gasteiger charge is 2.14. The summed E-state index contributed by atoms with van der Waals surface area (Å²) in [6.45, 7) is 3.86. The predicted molar refractivity (Wildman–Crippen MR) is 75.3 cm³/mol. The largest absolute Gasteiger partial charge is 0.478 e. The van der Waals surface area contributed by atoms with Crippen molar-refractivity contribution in [2.24, 2.45) is 5.92 Å². The number of nitrogens with one attached hydrogen (secondary N) is 1. The monoisotopic (exact) mass is 305 g/mol. The third-order valence-corrected chi connectivity index (χ3v) is 4.08. The highest BCUT2D eigenvalue weighted by molar-refractivity contribution is 7.92. The smallest absolute Gasteiger partial charge is 0.337 e. The van der Waals surface area contributed by atoms with E-state index in [1.54, 1.807) is 0 Å². The summed E-state index contributed by atoms with van der Waals surface area (Å²) in [5.74, 6) is -0.931. The molecule has 0 aromatic heterocycles. The van der Waals surface area contributed by atoms with Crippen molar-refractivity contribution in [2.45, 2.75) is 20.3 Å². The van der Waals surface area contributed by atoms with Crippen LogP contribution >= 0.6 is 11.6 Å². The molecule has 106 valence electrons. The molecule has 0 fully saturated rings. The predicted octanol–water partition coefficient (Wildman–Crippen LogP) is 2.83. The number of carbonyl (C=O) groups is 1. The van der Waals surface area contributed by atoms with Crippen molar-refractivity contribution in [3.63, 3.8) is 0 Å². The van der Waals surface area contributed by atoms with Gasteiger partial charge in [0.05, 0.1) is 16.3 Å². The normalized spacial score (nSPS) is 11.6. The van der Waals surface area contributed by atoms with Crippen LogP contribution in [-0.2, 0) is 10.0 Å². The van der Waals surface area contributed by atoms with Crippen molar-refractivity contribution in [1.82, 2.24) is 0 Å². The first-order valence-corrected chi connectivity index (χ1v) is 7.77. The average molecular weight is 306 g/mol. The fraction of sp³-hybridized carbons (Fsp3) is 0.417. The van der Waals surface area contributed by atoms with Crippen LogP contribution in [0.1, 0.15) is 30.6 Å². The van der Waals surface area contributed by atoms with Crippen LogP contribution in [0.3, 0.4) is 0 Å². The van der Waals surface area contributed by atoms with Crippen molar-refractivity contribution < 1.29 is 18.3 Å². The second kappa shape index (κ2) is 6.25. The van der Waals surface area contributed by atoms with Crippen LogP contribution in [0, 0.1) is 5.92 Å². The molecule has 0 saturated heterocycles. The highest BCUT2D eigenvalue weighted by atomic mass is 35.5. The van der Waals surface area contributed by atoms with Gasteiger partial charge in [-0.25, -0.2) is 13.2 Å². The van der Waals surface area contributed by atoms with Crippen LogP contribution in [0.2, 0.25) is 5.02 Å². The molecular weight excluding hydrogens is 290 g/mol. The minimum absolute atomic E-state index is 0.00427. The van der Waals surface area contributed by atoms with Gasteiger partial charge in [-0.15, -0.1) is 0 Å². The molecule has 0 aliphatic heterocycles. The Bertz CT molecular complexity index is 569. The van der Waals surface area contributed by atoms with E-state index in [0.29, 0.717) is 6.42 Å². The van der Waals surface area contributed by atoms with Gasteiger partial charge >= 0.3 is 5.97 Å². The van der Waals surface area contributed by atoms with Gasteiger partial charge in [0.15, 0.2) is 0 Å². The van der Waals surface area contributed by atoms with Gasteiger partial charge in [0, 0.05) is 5.69 Å². The van der Waals surface area contributed by atoms with E-state index in [0.717, 1.165) is 0 Å². The lowest BCUT2D eigenvalue weighted by molar-refractivity contribution is 0.0697. The van der Waals surface area contributed by atoms with E-state index < -0.39 is 16.0 Å². The zero-order valence-electron chi connectivity index (χ0n) is 10.7. The molecule has 7 heteroatoms. The highest BCUT2D eigenvalue weighted by Crippen LogP contribution is 2.21. The molecule has 0 atom stereocenters. The molecule has 0 aliphatic rings. The van der Waals surface area contributed by atoms with E-state index >= 15 is 0 Å². The molecular formula is C12H16ClNO4S. The Labute approximate surface area is 117 Å². The van der Waals surface area contributed by atoms with Crippen LogP contribution in [0.5, 0.6) is 0 Å². The minimum Gasteiger partial charge on any atom is -0.478 e. The molecule has 0 heterocycles. The second-order valence-corrected chi connectivity index (χ2v) is 6.85. The van der Waals surface area contributed by atoms with Crippen LogP contribution < -0.4 is 4.72 Å². The van der Waals surface area contributed by atoms with E-state index in [9.17, 15) is 13.2 Å². The molecule has 2 N–H and O–H groups in total. The van der Waals surface area contributed by atoms with Crippen molar-refractivity contribution in [2.75, 3.05) is 10.5 Å². The third-order valence-electron chi connectivity index (χ3n) is 2.43. The first kappa shape index (κ1) is 15.8. The Hall–Kier alpha value is -1.27. The summed E-state index contributed by atoms with van der Waals surface area (Å²) in [7, 11) is -3.47. The summed E-state index contributed by atoms with van der Waals surface area (Å²) in [5.41, 5.74) is 0.0660. The lowest BCUT2D eigenvalue weighted by Crippen LogP contribution is -2.18. The molecule has 0 saturated carbocycles. The van der Waals surface area contributed by atoms with Gasteiger partial charge in [-0.1, -0.05) is 25.4 Å². The number of sulfonamides is 1. The van der Waals surface area contributed by atoms with Crippen LogP contribution in [0.4, 0.5) is 5.69 Å². The summed E-state index contributed by atoms with van der Waals surface area (Å²) >= 11 is 5.71. The van der Waals surface area contributed by atoms with Crippen LogP contribution in [-0.4, -0.2) is 25.2 Å². The van der Waals surface area contributed by atoms with Crippen molar-refractivity contribution in [3.05, 3.63) is 28.8 Å². The minimum atomic E-state index is -3.47. The molecule has 1 aromatic carbocycles. The molecule has 1 aromatic rings. The standard InChI is InChI=1S/C12H16ClNO4S/c1-8(2)5-6-19(17,18)14-9-3-4-11(13)10(7-9)12(15)16/h3-4,7-8,14H,5-6H2,1-2H3,(H,15,16). The van der Waals surface area contributed by atoms with Gasteiger partial charge in [0.25, 0.3) is 0 Å². The van der Waals surface area contributed by atoms with Gasteiger partial charge in [-0.05, 0) is 30.5 Å². The Morgan fingerprint density at radius 3 is 2.58 bits per heavy atom. The SMILES string of the molecule is CC(C)CCS(=O)(=O)Nc1ccc(Cl)c(C(=O)O)c1. The maximum atomic E-state index is 11.8. The zero-order valence-corrected chi connectivity index (χ0v) is 12.3. The third kappa shape index (κ3) is 5.08. The first-order chi connectivity index (χ1) is 8.71. The van der Waals surface area contributed by atoms with E-state index in [2.05, 4.69) is 4.72 Å². The summed E-state index contributed by atoms with van der Waals surface area (Å²) in [5, 5.41) is 8.97. The number of rotatable bonds is 6. The van der Waals surface area contributed by atoms with E-state index in [1.165, 1.54) is 18.2 Å². The van der Waals surface area contributed by atoms with E-state index in [1.807, 2.05) is 13.8 Å². The number of carboxylic acids is 1. The lowest BCUT2D eigenvalue weighted by Gasteiger charge is -2.10. The summed E-state index contributed by atoms with van der Waals surface area (Å²) in [4.78, 5) is 10.9. The zero-order chi connectivity index (χ0) is 14.6. The van der Waals surface area contributed by atoms with Gasteiger partial charge < -0.3 is 5.11 Å². The number of hydrogen-bond acceptors (Lipinski definition) is 3. The molecule has 5 nitrogen and oxygen atoms in total. The molecule has 0 amide bonds. The van der Waals surface area contributed by atoms with E-state index in [4.69, 9.17) is 16.7 Å². The molecule has 19 heavy (non-hydrogen) atoms. The summed E-state index contributed by atoms with van der Waals surface area (Å²) < 4.78 is 25.9. The molecule has 0 unspecified atom stereocenters. The first-order valence-electron chi connectivity index (χ1n) is 5.74. The number of anilines is 1. The van der Waals surface area contributed by atoms with Gasteiger partial charge in [0.1, 0.15) is 0 Å². The fourth-order valence-corrected chi connectivity index (χ4v) is 2.94. The Balaban J connectivity index is 2.88. The quantitative estimate of drug-likeness (QED) is 0.846. The lowest BCUT2D eigenvalue weighted by atomic mass is 10.2. The number of halogens is 1. The summed E-state index contributed by atoms with van der Waals surface area (Å²) in [6, 6.07) is 3.99. The van der Waals surface area contributed by atoms with Crippen molar-refractivity contribution in [3.8, 4) is 0 Å². The number of hydrogen-bond donors (Lipinski definition) is 2. The molecule has 0 spiro atoms. The Morgan fingerprint density at radius 2 is 2.05 bits per heavy atom. The van der Waals surface area contributed by atoms with Crippen molar-refractivity contribution in [1.29, 1.82) is 0 Å². The summed E-state index contributed by atoms with van der Waals surface area (Å²) in [6.07, 6.45) is 0.536. The molecule has 0 aliphatic carbocycles. The Kier molecular flexibility index (Phi) is 5.20. The number of carboxylic acid groups (broad SMARTS) is 1. The molecule has 0 radical (unpaired) electrons. The van der Waals surface area contributed by atoms with Gasteiger partial charge in [-0.3, -0.25) is 4.72 Å². The van der Waals surface area contributed by atoms with Crippen molar-refractivity contribution >= 4 is 33.3 Å². The van der Waals surface area contributed by atoms with Gasteiger partial charge in [0.2, 0.25) is 10.0 Å². The Morgan fingerprint density at radius 1 is 1.42 bits per heavy atom. The topological polar surface area (TPSA) is 83.5 Å². The van der Waals surface area contributed by atoms with E-state index in [-0.39, 0.29) is 27.9 Å². The fourth-order valence-electron chi connectivity index (χ4n) is 1.37. The maximum Gasteiger partial charge on any atom is 0.337 e. The number of aromatic carboxylic acids is 1. The van der Waals surface area contributed by atoms with Gasteiger partial charge in [-0.2, -0.15) is 0 Å². The molecule has 0 bridgehead atoms. The van der Waals surface area contributed by atoms with Crippen LogP contribution in [0.25, 0.3) is 0 Å². The number of benzene rings is 1. The average Bonchev–Trinajstić information content (AvgIpc) is 2.28. The molecule has 1 rings (SSSR count).